The molecule has 148 valence electrons. The minimum absolute atomic E-state index is 0.0428. The van der Waals surface area contributed by atoms with Gasteiger partial charge in [-0.25, -0.2) is 9.37 Å². The van der Waals surface area contributed by atoms with Crippen LogP contribution in [0.25, 0.3) is 5.57 Å². The van der Waals surface area contributed by atoms with E-state index in [0.717, 1.165) is 38.1 Å². The smallest absolute Gasteiger partial charge is 0.223 e. The van der Waals surface area contributed by atoms with Crippen LogP contribution >= 0.6 is 0 Å². The van der Waals surface area contributed by atoms with Crippen LogP contribution in [-0.2, 0) is 4.79 Å². The summed E-state index contributed by atoms with van der Waals surface area (Å²) in [7, 11) is 2.16. The lowest BCUT2D eigenvalue weighted by Gasteiger charge is -2.28. The van der Waals surface area contributed by atoms with Crippen molar-refractivity contribution in [2.45, 2.75) is 32.1 Å². The van der Waals surface area contributed by atoms with Crippen molar-refractivity contribution in [1.82, 2.24) is 15.2 Å². The van der Waals surface area contributed by atoms with E-state index in [-0.39, 0.29) is 18.4 Å². The summed E-state index contributed by atoms with van der Waals surface area (Å²) in [6.07, 6.45) is 8.66. The van der Waals surface area contributed by atoms with Crippen LogP contribution in [0.15, 0.2) is 24.4 Å². The average molecular weight is 375 g/mol. The molecule has 0 radical (unpaired) electrons. The highest BCUT2D eigenvalue weighted by Gasteiger charge is 2.22. The van der Waals surface area contributed by atoms with Crippen molar-refractivity contribution in [3.8, 4) is 5.88 Å². The summed E-state index contributed by atoms with van der Waals surface area (Å²) in [6.45, 7) is 2.60. The molecule has 1 unspecified atom stereocenters. The van der Waals surface area contributed by atoms with Gasteiger partial charge in [-0.3, -0.25) is 4.79 Å². The maximum absolute atomic E-state index is 12.2. The Morgan fingerprint density at radius 1 is 1.33 bits per heavy atom. The first-order chi connectivity index (χ1) is 13.2. The molecule has 0 bridgehead atoms. The summed E-state index contributed by atoms with van der Waals surface area (Å²) in [5.41, 5.74) is 2.31. The molecule has 27 heavy (non-hydrogen) atoms. The van der Waals surface area contributed by atoms with Crippen LogP contribution in [0.4, 0.5) is 4.39 Å². The third kappa shape index (κ3) is 5.76. The number of allylic oxidation sites excluding steroid dienone is 2. The van der Waals surface area contributed by atoms with Gasteiger partial charge in [0.15, 0.2) is 0 Å². The molecule has 1 N–H and O–H groups in total. The molecule has 2 heterocycles. The first-order valence-electron chi connectivity index (χ1n) is 9.96. The van der Waals surface area contributed by atoms with E-state index >= 15 is 0 Å². The van der Waals surface area contributed by atoms with Crippen LogP contribution in [0.5, 0.6) is 5.88 Å². The molecule has 0 saturated carbocycles. The minimum Gasteiger partial charge on any atom is -0.477 e. The largest absolute Gasteiger partial charge is 0.477 e. The molecular formula is C21H30FN3O2. The zero-order valence-electron chi connectivity index (χ0n) is 16.1. The number of alkyl halides is 1. The van der Waals surface area contributed by atoms with Gasteiger partial charge in [-0.2, -0.15) is 0 Å². The fourth-order valence-corrected chi connectivity index (χ4v) is 3.74. The number of ether oxygens (including phenoxy) is 1. The number of rotatable bonds is 7. The second kappa shape index (κ2) is 9.83. The average Bonchev–Trinajstić information content (AvgIpc) is 2.72. The number of piperidine rings is 1. The molecule has 1 amide bonds. The Hall–Kier alpha value is -1.95. The Balaban J connectivity index is 1.47. The van der Waals surface area contributed by atoms with Crippen molar-refractivity contribution >= 4 is 11.5 Å². The zero-order chi connectivity index (χ0) is 19.1. The van der Waals surface area contributed by atoms with Gasteiger partial charge in [0, 0.05) is 24.7 Å². The van der Waals surface area contributed by atoms with Crippen LogP contribution in [0.2, 0.25) is 0 Å². The van der Waals surface area contributed by atoms with Crippen LogP contribution in [0.3, 0.4) is 0 Å². The third-order valence-corrected chi connectivity index (χ3v) is 5.59. The fraction of sp³-hybridized carbons (Fsp3) is 0.619. The Bertz CT molecular complexity index is 639. The van der Waals surface area contributed by atoms with E-state index in [1.54, 1.807) is 0 Å². The van der Waals surface area contributed by atoms with Crippen molar-refractivity contribution in [2.24, 2.45) is 11.8 Å². The lowest BCUT2D eigenvalue weighted by Crippen LogP contribution is -2.32. The predicted octanol–water partition coefficient (Wildman–Crippen LogP) is 3.07. The van der Waals surface area contributed by atoms with Crippen molar-refractivity contribution in [3.05, 3.63) is 30.0 Å². The number of carbonyl (C=O) groups is 1. The fourth-order valence-electron chi connectivity index (χ4n) is 3.74. The summed E-state index contributed by atoms with van der Waals surface area (Å²) in [6, 6.07) is 3.98. The van der Waals surface area contributed by atoms with Gasteiger partial charge in [0.2, 0.25) is 11.8 Å². The zero-order valence-corrected chi connectivity index (χ0v) is 16.1. The van der Waals surface area contributed by atoms with Crippen molar-refractivity contribution < 1.29 is 13.9 Å². The highest BCUT2D eigenvalue weighted by molar-refractivity contribution is 5.80. The van der Waals surface area contributed by atoms with E-state index in [0.29, 0.717) is 18.2 Å². The number of aromatic nitrogens is 1. The number of pyridine rings is 1. The standard InChI is InChI=1S/C21H30FN3O2/c1-25-12-8-16(9-13-25)15-27-20-7-6-19(14-24-20)17-2-4-18(5-3-17)21(26)23-11-10-22/h2,6-7,14,16,18H,3-5,8-13,15H2,1H3,(H,23,26). The molecule has 3 rings (SSSR count). The molecule has 2 aliphatic rings. The molecule has 0 spiro atoms. The first kappa shape index (κ1) is 19.8. The number of hydrogen-bond acceptors (Lipinski definition) is 4. The number of likely N-dealkylation sites (tertiary alicyclic amines) is 1. The number of halogens is 1. The normalized spacial score (nSPS) is 21.6. The van der Waals surface area contributed by atoms with Crippen molar-refractivity contribution in [3.63, 3.8) is 0 Å². The van der Waals surface area contributed by atoms with E-state index in [4.69, 9.17) is 4.74 Å². The van der Waals surface area contributed by atoms with E-state index < -0.39 is 6.67 Å². The maximum atomic E-state index is 12.2. The van der Waals surface area contributed by atoms with E-state index in [1.165, 1.54) is 18.4 Å². The quantitative estimate of drug-likeness (QED) is 0.796. The molecule has 1 aliphatic carbocycles. The molecule has 1 atom stereocenters. The van der Waals surface area contributed by atoms with Crippen molar-refractivity contribution in [1.29, 1.82) is 0 Å². The molecular weight excluding hydrogens is 345 g/mol. The molecule has 1 aromatic heterocycles. The van der Waals surface area contributed by atoms with Crippen molar-refractivity contribution in [2.75, 3.05) is 40.0 Å². The third-order valence-electron chi connectivity index (χ3n) is 5.59. The van der Waals surface area contributed by atoms with Gasteiger partial charge in [-0.15, -0.1) is 0 Å². The molecule has 5 nitrogen and oxygen atoms in total. The first-order valence-corrected chi connectivity index (χ1v) is 9.96. The SMILES string of the molecule is CN1CCC(COc2ccc(C3=CCC(C(=O)NCCF)CC3)cn2)CC1. The Morgan fingerprint density at radius 3 is 2.78 bits per heavy atom. The summed E-state index contributed by atoms with van der Waals surface area (Å²) in [4.78, 5) is 18.7. The Morgan fingerprint density at radius 2 is 2.15 bits per heavy atom. The summed E-state index contributed by atoms with van der Waals surface area (Å²) < 4.78 is 18.0. The number of nitrogens with zero attached hydrogens (tertiary/aromatic N) is 2. The monoisotopic (exact) mass is 375 g/mol. The van der Waals surface area contributed by atoms with Gasteiger partial charge >= 0.3 is 0 Å². The summed E-state index contributed by atoms with van der Waals surface area (Å²) in [5, 5.41) is 2.63. The Labute approximate surface area is 161 Å². The Kier molecular flexibility index (Phi) is 7.21. The second-order valence-electron chi connectivity index (χ2n) is 7.62. The van der Waals surface area contributed by atoms with Gasteiger partial charge < -0.3 is 15.0 Å². The molecule has 1 aliphatic heterocycles. The maximum Gasteiger partial charge on any atom is 0.223 e. The lowest BCUT2D eigenvalue weighted by atomic mass is 9.86. The summed E-state index contributed by atoms with van der Waals surface area (Å²) >= 11 is 0. The van der Waals surface area contributed by atoms with Crippen LogP contribution < -0.4 is 10.1 Å². The van der Waals surface area contributed by atoms with E-state index in [9.17, 15) is 9.18 Å². The highest BCUT2D eigenvalue weighted by atomic mass is 19.1. The van der Waals surface area contributed by atoms with Crippen LogP contribution in [-0.4, -0.2) is 55.8 Å². The predicted molar refractivity (Wildman–Crippen MR) is 104 cm³/mol. The van der Waals surface area contributed by atoms with E-state index in [1.807, 2.05) is 18.3 Å². The van der Waals surface area contributed by atoms with Crippen LogP contribution in [0.1, 0.15) is 37.7 Å². The van der Waals surface area contributed by atoms with Gasteiger partial charge in [0.05, 0.1) is 6.61 Å². The summed E-state index contributed by atoms with van der Waals surface area (Å²) in [5.74, 6) is 1.20. The van der Waals surface area contributed by atoms with Gasteiger partial charge in [0.1, 0.15) is 6.67 Å². The van der Waals surface area contributed by atoms with Crippen LogP contribution in [0, 0.1) is 11.8 Å². The van der Waals surface area contributed by atoms with E-state index in [2.05, 4.69) is 28.3 Å². The van der Waals surface area contributed by atoms with Gasteiger partial charge in [0.25, 0.3) is 0 Å². The topological polar surface area (TPSA) is 54.5 Å². The molecule has 6 heteroatoms. The highest BCUT2D eigenvalue weighted by Crippen LogP contribution is 2.30. The lowest BCUT2D eigenvalue weighted by molar-refractivity contribution is -0.125. The number of hydrogen-bond donors (Lipinski definition) is 1. The molecule has 0 aromatic carbocycles. The van der Waals surface area contributed by atoms with Gasteiger partial charge in [-0.1, -0.05) is 6.08 Å². The van der Waals surface area contributed by atoms with Gasteiger partial charge in [-0.05, 0) is 75.4 Å². The second-order valence-corrected chi connectivity index (χ2v) is 7.62. The molecule has 1 fully saturated rings. The molecule has 1 saturated heterocycles. The minimum atomic E-state index is -0.516. The number of nitrogens with one attached hydrogen (secondary N) is 1. The number of carbonyl (C=O) groups excluding carboxylic acids is 1. The molecule has 1 aromatic rings. The number of amides is 1.